The van der Waals surface area contributed by atoms with Crippen molar-refractivity contribution in [3.05, 3.63) is 16.7 Å². The minimum absolute atomic E-state index is 0.667. The van der Waals surface area contributed by atoms with Crippen LogP contribution in [0, 0.1) is 0 Å². The van der Waals surface area contributed by atoms with Gasteiger partial charge in [-0.05, 0) is 35.0 Å². The summed E-state index contributed by atoms with van der Waals surface area (Å²) in [5.41, 5.74) is 1.55. The van der Waals surface area contributed by atoms with E-state index in [0.717, 1.165) is 23.8 Å². The van der Waals surface area contributed by atoms with Gasteiger partial charge in [0.05, 0.1) is 0 Å². The fourth-order valence-corrected chi connectivity index (χ4v) is 1.87. The molecule has 0 aliphatic heterocycles. The summed E-state index contributed by atoms with van der Waals surface area (Å²) >= 11 is 3.33. The zero-order chi connectivity index (χ0) is 11.5. The van der Waals surface area contributed by atoms with Crippen molar-refractivity contribution in [3.8, 4) is 11.4 Å². The number of rotatable bonds is 3. The first-order valence-electron chi connectivity index (χ1n) is 4.85. The van der Waals surface area contributed by atoms with Gasteiger partial charge in [0.15, 0.2) is 4.60 Å². The molecular weight excluding hydrogens is 272 g/mol. The van der Waals surface area contributed by atoms with E-state index < -0.39 is 0 Å². The maximum absolute atomic E-state index is 4.12. The molecule has 0 saturated carbocycles. The summed E-state index contributed by atoms with van der Waals surface area (Å²) in [7, 11) is 1.81. The summed E-state index contributed by atoms with van der Waals surface area (Å²) in [6, 6.07) is 3.76. The molecule has 84 valence electrons. The molecule has 6 nitrogen and oxygen atoms in total. The molecule has 2 rings (SSSR count). The summed E-state index contributed by atoms with van der Waals surface area (Å²) < 4.78 is 2.32. The lowest BCUT2D eigenvalue weighted by Gasteiger charge is -2.03. The van der Waals surface area contributed by atoms with Gasteiger partial charge in [-0.3, -0.25) is 0 Å². The van der Waals surface area contributed by atoms with E-state index in [1.54, 1.807) is 4.68 Å². The van der Waals surface area contributed by atoms with Crippen LogP contribution in [0.15, 0.2) is 16.7 Å². The maximum atomic E-state index is 4.12. The van der Waals surface area contributed by atoms with Crippen molar-refractivity contribution in [2.75, 3.05) is 11.9 Å². The Morgan fingerprint density at radius 1 is 1.31 bits per heavy atom. The van der Waals surface area contributed by atoms with E-state index in [9.17, 15) is 0 Å². The van der Waals surface area contributed by atoms with Gasteiger partial charge >= 0.3 is 0 Å². The first-order chi connectivity index (χ1) is 7.72. The number of halogens is 1. The normalized spacial score (nSPS) is 10.4. The first kappa shape index (κ1) is 11.0. The van der Waals surface area contributed by atoms with Gasteiger partial charge < -0.3 is 5.32 Å². The fraction of sp³-hybridized carbons (Fsp3) is 0.333. The lowest BCUT2D eigenvalue weighted by Crippen LogP contribution is -2.02. The molecule has 0 amide bonds. The van der Waals surface area contributed by atoms with E-state index in [4.69, 9.17) is 0 Å². The van der Waals surface area contributed by atoms with E-state index in [2.05, 4.69) is 41.8 Å². The van der Waals surface area contributed by atoms with Crippen LogP contribution >= 0.6 is 15.9 Å². The highest BCUT2D eigenvalue weighted by molar-refractivity contribution is 9.10. The summed E-state index contributed by atoms with van der Waals surface area (Å²) in [5.74, 6) is 0.762. The van der Waals surface area contributed by atoms with Gasteiger partial charge in [0.2, 0.25) is 0 Å². The molecule has 1 N–H and O–H groups in total. The zero-order valence-electron chi connectivity index (χ0n) is 8.98. The third-order valence-electron chi connectivity index (χ3n) is 2.05. The summed E-state index contributed by atoms with van der Waals surface area (Å²) in [4.78, 5) is 0. The smallest absolute Gasteiger partial charge is 0.158 e. The molecule has 2 aromatic rings. The SMILES string of the molecule is CCNc1ccc(-c2c(Br)nnn2C)nn1. The number of nitrogens with zero attached hydrogens (tertiary/aromatic N) is 5. The lowest BCUT2D eigenvalue weighted by molar-refractivity contribution is 0.717. The Hall–Kier alpha value is -1.50. The highest BCUT2D eigenvalue weighted by Crippen LogP contribution is 2.23. The second kappa shape index (κ2) is 4.56. The summed E-state index contributed by atoms with van der Waals surface area (Å²) in [6.45, 7) is 2.84. The van der Waals surface area contributed by atoms with Crippen LogP contribution in [-0.2, 0) is 7.05 Å². The van der Waals surface area contributed by atoms with E-state index in [-0.39, 0.29) is 0 Å². The highest BCUT2D eigenvalue weighted by Gasteiger charge is 2.12. The van der Waals surface area contributed by atoms with Crippen LogP contribution in [0.2, 0.25) is 0 Å². The Balaban J connectivity index is 2.35. The molecule has 2 aromatic heterocycles. The average molecular weight is 283 g/mol. The number of anilines is 1. The quantitative estimate of drug-likeness (QED) is 0.923. The van der Waals surface area contributed by atoms with Crippen LogP contribution in [0.25, 0.3) is 11.4 Å². The molecule has 0 radical (unpaired) electrons. The van der Waals surface area contributed by atoms with Crippen molar-refractivity contribution >= 4 is 21.7 Å². The summed E-state index contributed by atoms with van der Waals surface area (Å²) in [6.07, 6.45) is 0. The van der Waals surface area contributed by atoms with Crippen molar-refractivity contribution in [2.45, 2.75) is 6.92 Å². The second-order valence-corrected chi connectivity index (χ2v) is 3.94. The molecule has 0 unspecified atom stereocenters. The van der Waals surface area contributed by atoms with Crippen molar-refractivity contribution < 1.29 is 0 Å². The monoisotopic (exact) mass is 282 g/mol. The highest BCUT2D eigenvalue weighted by atomic mass is 79.9. The molecule has 0 aliphatic carbocycles. The van der Waals surface area contributed by atoms with Crippen LogP contribution in [-0.4, -0.2) is 31.7 Å². The molecule has 0 aliphatic rings. The predicted octanol–water partition coefficient (Wildman–Crippen LogP) is 1.47. The van der Waals surface area contributed by atoms with E-state index in [1.807, 2.05) is 26.1 Å². The minimum atomic E-state index is 0.667. The molecule has 0 spiro atoms. The Morgan fingerprint density at radius 3 is 2.62 bits per heavy atom. The van der Waals surface area contributed by atoms with Crippen molar-refractivity contribution in [1.29, 1.82) is 0 Å². The molecule has 0 saturated heterocycles. The molecule has 16 heavy (non-hydrogen) atoms. The molecule has 0 bridgehead atoms. The first-order valence-corrected chi connectivity index (χ1v) is 5.64. The second-order valence-electron chi connectivity index (χ2n) is 3.19. The largest absolute Gasteiger partial charge is 0.369 e. The van der Waals surface area contributed by atoms with Gasteiger partial charge in [0.25, 0.3) is 0 Å². The van der Waals surface area contributed by atoms with Crippen LogP contribution in [0.1, 0.15) is 6.92 Å². The minimum Gasteiger partial charge on any atom is -0.369 e. The molecule has 7 heteroatoms. The molecule has 0 aromatic carbocycles. The van der Waals surface area contributed by atoms with Gasteiger partial charge in [-0.2, -0.15) is 0 Å². The van der Waals surface area contributed by atoms with Crippen molar-refractivity contribution in [3.63, 3.8) is 0 Å². The molecule has 0 fully saturated rings. The fourth-order valence-electron chi connectivity index (χ4n) is 1.34. The van der Waals surface area contributed by atoms with E-state index in [1.165, 1.54) is 0 Å². The Kier molecular flexibility index (Phi) is 3.14. The number of nitrogens with one attached hydrogen (secondary N) is 1. The Morgan fingerprint density at radius 2 is 2.12 bits per heavy atom. The topological polar surface area (TPSA) is 68.5 Å². The molecule has 0 atom stereocenters. The van der Waals surface area contributed by atoms with Crippen molar-refractivity contribution in [2.24, 2.45) is 7.05 Å². The van der Waals surface area contributed by atoms with Crippen LogP contribution < -0.4 is 5.32 Å². The molecule has 2 heterocycles. The number of hydrogen-bond donors (Lipinski definition) is 1. The number of hydrogen-bond acceptors (Lipinski definition) is 5. The van der Waals surface area contributed by atoms with Crippen LogP contribution in [0.5, 0.6) is 0 Å². The van der Waals surface area contributed by atoms with Crippen molar-refractivity contribution in [1.82, 2.24) is 25.2 Å². The Labute approximate surface area is 101 Å². The van der Waals surface area contributed by atoms with Crippen LogP contribution in [0.4, 0.5) is 5.82 Å². The average Bonchev–Trinajstić information content (AvgIpc) is 2.61. The number of aromatic nitrogens is 5. The van der Waals surface area contributed by atoms with Gasteiger partial charge in [-0.1, -0.05) is 5.21 Å². The predicted molar refractivity (Wildman–Crippen MR) is 63.9 cm³/mol. The third kappa shape index (κ3) is 2.04. The van der Waals surface area contributed by atoms with Gasteiger partial charge in [0, 0.05) is 13.6 Å². The van der Waals surface area contributed by atoms with Gasteiger partial charge in [-0.15, -0.1) is 15.3 Å². The standard InChI is InChI=1S/C9H11BrN6/c1-3-11-7-5-4-6(12-13-7)8-9(10)14-15-16(8)2/h4-5H,3H2,1-2H3,(H,11,13). The molecular formula is C9H11BrN6. The van der Waals surface area contributed by atoms with Crippen LogP contribution in [0.3, 0.4) is 0 Å². The lowest BCUT2D eigenvalue weighted by atomic mass is 10.3. The zero-order valence-corrected chi connectivity index (χ0v) is 10.6. The third-order valence-corrected chi connectivity index (χ3v) is 2.58. The number of aryl methyl sites for hydroxylation is 1. The maximum Gasteiger partial charge on any atom is 0.158 e. The van der Waals surface area contributed by atoms with E-state index >= 15 is 0 Å². The van der Waals surface area contributed by atoms with E-state index in [0.29, 0.717) is 4.60 Å². The summed E-state index contributed by atoms with van der Waals surface area (Å²) in [5, 5.41) is 19.0. The van der Waals surface area contributed by atoms with Gasteiger partial charge in [-0.25, -0.2) is 4.68 Å². The Bertz CT molecular complexity index is 458. The van der Waals surface area contributed by atoms with Gasteiger partial charge in [0.1, 0.15) is 17.2 Å².